The van der Waals surface area contributed by atoms with Crippen molar-refractivity contribution in [3.8, 4) is 0 Å². The van der Waals surface area contributed by atoms with Crippen LogP contribution in [0.4, 0.5) is 5.82 Å². The van der Waals surface area contributed by atoms with Crippen LogP contribution in [0, 0.1) is 0 Å². The normalized spacial score (nSPS) is 14.6. The second kappa shape index (κ2) is 4.64. The number of carbonyl (C=O) groups excluding carboxylic acids is 1. The van der Waals surface area contributed by atoms with Gasteiger partial charge in [-0.25, -0.2) is 0 Å². The van der Waals surface area contributed by atoms with E-state index in [4.69, 9.17) is 5.73 Å². The number of carbonyl (C=O) groups is 1. The largest absolute Gasteiger partial charge is 0.382 e. The van der Waals surface area contributed by atoms with Crippen molar-refractivity contribution in [2.75, 3.05) is 12.3 Å². The smallest absolute Gasteiger partial charge is 0.241 e. The van der Waals surface area contributed by atoms with Crippen LogP contribution < -0.4 is 11.1 Å². The maximum atomic E-state index is 11.0. The third kappa shape index (κ3) is 2.25. The van der Waals surface area contributed by atoms with Gasteiger partial charge in [0.1, 0.15) is 12.4 Å². The monoisotopic (exact) mass is 196 g/mol. The molecule has 0 radical (unpaired) electrons. The molecule has 0 atom stereocenters. The molecule has 5 heteroatoms. The highest BCUT2D eigenvalue weighted by Gasteiger charge is 2.13. The molecule has 2 heterocycles. The minimum atomic E-state index is -0.00292. The van der Waals surface area contributed by atoms with Gasteiger partial charge < -0.3 is 11.1 Å². The molecule has 0 fully saturated rings. The van der Waals surface area contributed by atoms with Crippen LogP contribution in [0.2, 0.25) is 0 Å². The van der Waals surface area contributed by atoms with Gasteiger partial charge in [0, 0.05) is 24.7 Å². The molecule has 14 heavy (non-hydrogen) atoms. The van der Waals surface area contributed by atoms with Crippen LogP contribution in [-0.4, -0.2) is 22.2 Å². The van der Waals surface area contributed by atoms with Crippen LogP contribution in [0.5, 0.6) is 0 Å². The summed E-state index contributed by atoms with van der Waals surface area (Å²) >= 11 is 0. The van der Waals surface area contributed by atoms with E-state index in [0.717, 1.165) is 12.1 Å². The number of amides is 1. The lowest BCUT2D eigenvalue weighted by Gasteiger charge is -1.97. The number of aromatic nitrogens is 2. The van der Waals surface area contributed by atoms with Crippen molar-refractivity contribution >= 4 is 11.7 Å². The van der Waals surface area contributed by atoms with E-state index in [2.05, 4.69) is 10.4 Å². The molecule has 0 saturated heterocycles. The lowest BCUT2D eigenvalue weighted by Crippen LogP contribution is -2.25. The molecule has 1 aromatic rings. The molecule has 0 unspecified atom stereocenters. The molecule has 0 aromatic carbocycles. The summed E-state index contributed by atoms with van der Waals surface area (Å²) in [7, 11) is 0. The Morgan fingerprint density at radius 3 is 3.00 bits per heavy atom. The number of hydrogen-bond donors (Lipinski definition) is 2. The van der Waals surface area contributed by atoms with Crippen LogP contribution in [0.3, 0.4) is 0 Å². The van der Waals surface area contributed by atoms with Crippen molar-refractivity contribution in [3.05, 3.63) is 11.8 Å². The molecule has 5 nitrogen and oxygen atoms in total. The number of nitrogens with one attached hydrogen (secondary N) is 1. The highest BCUT2D eigenvalue weighted by atomic mass is 16.2. The minimum absolute atomic E-state index is 0.00292. The third-order valence-corrected chi connectivity index (χ3v) is 1.88. The quantitative estimate of drug-likeness (QED) is 0.621. The SMILES string of the molecule is CC.Nc1cc2n(n1)CC(=O)NCC2. The predicted molar refractivity (Wildman–Crippen MR) is 54.7 cm³/mol. The van der Waals surface area contributed by atoms with Gasteiger partial charge in [0.25, 0.3) is 0 Å². The second-order valence-electron chi connectivity index (χ2n) is 2.82. The van der Waals surface area contributed by atoms with Crippen LogP contribution in [0.25, 0.3) is 0 Å². The van der Waals surface area contributed by atoms with Crippen molar-refractivity contribution < 1.29 is 4.79 Å². The number of nitrogens with zero attached hydrogens (tertiary/aromatic N) is 2. The number of nitrogen functional groups attached to an aromatic ring is 1. The van der Waals surface area contributed by atoms with Gasteiger partial charge in [-0.1, -0.05) is 13.8 Å². The Labute approximate surface area is 83.3 Å². The maximum absolute atomic E-state index is 11.0. The maximum Gasteiger partial charge on any atom is 0.241 e. The standard InChI is InChI=1S/C7H10N4O.C2H6/c8-6-3-5-1-2-9-7(12)4-11(5)10-6;1-2/h3H,1-2,4H2,(H2,8,10)(H,9,12);1-2H3. The van der Waals surface area contributed by atoms with E-state index in [0.29, 0.717) is 12.4 Å². The summed E-state index contributed by atoms with van der Waals surface area (Å²) in [5, 5.41) is 6.75. The van der Waals surface area contributed by atoms with Crippen LogP contribution >= 0.6 is 0 Å². The fourth-order valence-electron chi connectivity index (χ4n) is 1.34. The molecule has 1 aliphatic rings. The topological polar surface area (TPSA) is 72.9 Å². The molecule has 0 bridgehead atoms. The van der Waals surface area contributed by atoms with E-state index in [1.54, 1.807) is 10.7 Å². The van der Waals surface area contributed by atoms with Gasteiger partial charge in [0.2, 0.25) is 5.91 Å². The molecule has 1 amide bonds. The van der Waals surface area contributed by atoms with Gasteiger partial charge in [-0.15, -0.1) is 0 Å². The number of anilines is 1. The number of hydrogen-bond acceptors (Lipinski definition) is 3. The first-order valence-corrected chi connectivity index (χ1v) is 4.84. The Kier molecular flexibility index (Phi) is 3.50. The summed E-state index contributed by atoms with van der Waals surface area (Å²) in [6, 6.07) is 1.81. The van der Waals surface area contributed by atoms with Crippen molar-refractivity contribution in [2.24, 2.45) is 0 Å². The van der Waals surface area contributed by atoms with Crippen molar-refractivity contribution in [3.63, 3.8) is 0 Å². The Bertz CT molecular complexity index is 319. The fraction of sp³-hybridized carbons (Fsp3) is 0.556. The molecular weight excluding hydrogens is 180 g/mol. The highest BCUT2D eigenvalue weighted by Crippen LogP contribution is 2.08. The van der Waals surface area contributed by atoms with E-state index in [1.165, 1.54) is 0 Å². The van der Waals surface area contributed by atoms with E-state index in [1.807, 2.05) is 13.8 Å². The summed E-state index contributed by atoms with van der Waals surface area (Å²) in [5.41, 5.74) is 6.51. The summed E-state index contributed by atoms with van der Waals surface area (Å²) in [4.78, 5) is 11.0. The van der Waals surface area contributed by atoms with Gasteiger partial charge in [0.15, 0.2) is 0 Å². The zero-order chi connectivity index (χ0) is 10.6. The second-order valence-corrected chi connectivity index (χ2v) is 2.82. The highest BCUT2D eigenvalue weighted by molar-refractivity contribution is 5.76. The van der Waals surface area contributed by atoms with Crippen molar-refractivity contribution in [1.29, 1.82) is 0 Å². The van der Waals surface area contributed by atoms with E-state index in [9.17, 15) is 4.79 Å². The Morgan fingerprint density at radius 1 is 1.57 bits per heavy atom. The molecule has 0 aliphatic carbocycles. The molecule has 2 rings (SSSR count). The zero-order valence-corrected chi connectivity index (χ0v) is 8.58. The molecule has 0 saturated carbocycles. The first-order valence-electron chi connectivity index (χ1n) is 4.84. The van der Waals surface area contributed by atoms with Gasteiger partial charge in [-0.05, 0) is 0 Å². The zero-order valence-electron chi connectivity index (χ0n) is 8.58. The molecular formula is C9H16N4O. The van der Waals surface area contributed by atoms with E-state index < -0.39 is 0 Å². The van der Waals surface area contributed by atoms with Crippen molar-refractivity contribution in [2.45, 2.75) is 26.8 Å². The molecule has 1 aliphatic heterocycles. The Morgan fingerprint density at radius 2 is 2.29 bits per heavy atom. The van der Waals surface area contributed by atoms with Crippen LogP contribution in [0.1, 0.15) is 19.5 Å². The molecule has 78 valence electrons. The molecule has 3 N–H and O–H groups in total. The number of rotatable bonds is 0. The van der Waals surface area contributed by atoms with Gasteiger partial charge in [0.05, 0.1) is 0 Å². The summed E-state index contributed by atoms with van der Waals surface area (Å²) in [6.45, 7) is 4.95. The van der Waals surface area contributed by atoms with Gasteiger partial charge in [-0.2, -0.15) is 5.10 Å². The Balaban J connectivity index is 0.000000461. The average molecular weight is 196 g/mol. The van der Waals surface area contributed by atoms with Crippen LogP contribution in [0.15, 0.2) is 6.07 Å². The van der Waals surface area contributed by atoms with Gasteiger partial charge in [-0.3, -0.25) is 9.48 Å². The number of fused-ring (bicyclic) bond motifs is 1. The van der Waals surface area contributed by atoms with Gasteiger partial charge >= 0.3 is 0 Å². The first kappa shape index (κ1) is 10.6. The Hall–Kier alpha value is -1.52. The summed E-state index contributed by atoms with van der Waals surface area (Å²) in [5.74, 6) is 0.483. The van der Waals surface area contributed by atoms with E-state index >= 15 is 0 Å². The first-order chi connectivity index (χ1) is 6.75. The van der Waals surface area contributed by atoms with Crippen LogP contribution in [-0.2, 0) is 17.8 Å². The van der Waals surface area contributed by atoms with E-state index in [-0.39, 0.29) is 12.5 Å². The summed E-state index contributed by atoms with van der Waals surface area (Å²) < 4.78 is 1.65. The molecule has 1 aromatic heterocycles. The molecule has 0 spiro atoms. The lowest BCUT2D eigenvalue weighted by atomic mass is 10.3. The summed E-state index contributed by atoms with van der Waals surface area (Å²) in [6.07, 6.45) is 0.802. The van der Waals surface area contributed by atoms with Crippen molar-refractivity contribution in [1.82, 2.24) is 15.1 Å². The lowest BCUT2D eigenvalue weighted by molar-refractivity contribution is -0.121. The fourth-order valence-corrected chi connectivity index (χ4v) is 1.34. The number of nitrogens with two attached hydrogens (primary N) is 1. The third-order valence-electron chi connectivity index (χ3n) is 1.88. The average Bonchev–Trinajstić information content (AvgIpc) is 2.41. The predicted octanol–water partition coefficient (Wildman–Crippen LogP) is 0.164. The minimum Gasteiger partial charge on any atom is -0.382 e.